The van der Waals surface area contributed by atoms with E-state index in [2.05, 4.69) is 43.6 Å². The molecule has 6 atom stereocenters. The molecule has 0 N–H and O–H groups in total. The van der Waals surface area contributed by atoms with Crippen LogP contribution in [0.4, 0.5) is 0 Å². The van der Waals surface area contributed by atoms with E-state index in [0.717, 1.165) is 30.8 Å². The largest absolute Gasteiger partial charge is 0.375 e. The molecule has 0 aromatic carbocycles. The molecule has 0 radical (unpaired) electrons. The second kappa shape index (κ2) is 6.91. The van der Waals surface area contributed by atoms with Crippen LogP contribution in [0.15, 0.2) is 0 Å². The van der Waals surface area contributed by atoms with Gasteiger partial charge in [0.15, 0.2) is 0 Å². The van der Waals surface area contributed by atoms with Crippen LogP contribution in [0, 0.1) is 17.8 Å². The molecule has 0 heterocycles. The summed E-state index contributed by atoms with van der Waals surface area (Å²) in [5, 5.41) is 0. The van der Waals surface area contributed by atoms with Crippen molar-refractivity contribution in [3.63, 3.8) is 0 Å². The van der Waals surface area contributed by atoms with Gasteiger partial charge in [-0.2, -0.15) is 0 Å². The zero-order chi connectivity index (χ0) is 14.0. The number of ether oxygens (including phenoxy) is 2. The van der Waals surface area contributed by atoms with Gasteiger partial charge in [-0.25, -0.2) is 0 Å². The van der Waals surface area contributed by atoms with Crippen LogP contribution in [0.3, 0.4) is 0 Å². The summed E-state index contributed by atoms with van der Waals surface area (Å²) in [7, 11) is 0. The van der Waals surface area contributed by atoms with E-state index in [0.29, 0.717) is 17.0 Å². The first kappa shape index (κ1) is 15.8. The molecular formula is C16H29BrO2. The molecule has 19 heavy (non-hydrogen) atoms. The molecule has 0 saturated heterocycles. The van der Waals surface area contributed by atoms with Crippen molar-refractivity contribution < 1.29 is 9.47 Å². The molecule has 3 heteroatoms. The maximum Gasteiger partial charge on any atom is 0.0962 e. The third-order valence-electron chi connectivity index (χ3n) is 4.85. The van der Waals surface area contributed by atoms with Gasteiger partial charge in [0.25, 0.3) is 0 Å². The molecule has 0 spiro atoms. The first-order valence-corrected chi connectivity index (χ1v) is 8.85. The van der Waals surface area contributed by atoms with Gasteiger partial charge in [-0.1, -0.05) is 43.1 Å². The fourth-order valence-corrected chi connectivity index (χ4v) is 4.42. The summed E-state index contributed by atoms with van der Waals surface area (Å²) in [6.45, 7) is 9.88. The second-order valence-electron chi connectivity index (χ2n) is 6.71. The van der Waals surface area contributed by atoms with Crippen molar-refractivity contribution in [3.05, 3.63) is 0 Å². The zero-order valence-corrected chi connectivity index (χ0v) is 14.4. The summed E-state index contributed by atoms with van der Waals surface area (Å²) in [6, 6.07) is 0. The molecule has 2 aliphatic rings. The Bertz CT molecular complexity index is 282. The Balaban J connectivity index is 1.91. The van der Waals surface area contributed by atoms with E-state index in [1.54, 1.807) is 0 Å². The minimum absolute atomic E-state index is 0.259. The monoisotopic (exact) mass is 332 g/mol. The Morgan fingerprint density at radius 1 is 1.16 bits per heavy atom. The number of hydrogen-bond acceptors (Lipinski definition) is 2. The first-order chi connectivity index (χ1) is 9.02. The quantitative estimate of drug-likeness (QED) is 0.694. The summed E-state index contributed by atoms with van der Waals surface area (Å²) in [4.78, 5) is 0.482. The number of rotatable bonds is 5. The molecule has 0 bridgehead atoms. The molecule has 2 nitrogen and oxygen atoms in total. The van der Waals surface area contributed by atoms with Gasteiger partial charge in [-0.3, -0.25) is 0 Å². The summed E-state index contributed by atoms with van der Waals surface area (Å²) < 4.78 is 12.2. The van der Waals surface area contributed by atoms with Crippen LogP contribution in [-0.2, 0) is 9.47 Å². The van der Waals surface area contributed by atoms with Crippen molar-refractivity contribution in [3.8, 4) is 0 Å². The van der Waals surface area contributed by atoms with Crippen LogP contribution in [-0.4, -0.2) is 29.7 Å². The van der Waals surface area contributed by atoms with Crippen LogP contribution in [0.2, 0.25) is 0 Å². The third kappa shape index (κ3) is 3.74. The van der Waals surface area contributed by atoms with Crippen LogP contribution in [0.5, 0.6) is 0 Å². The molecule has 0 amide bonds. The van der Waals surface area contributed by atoms with E-state index in [9.17, 15) is 0 Å². The Hall–Kier alpha value is 0.400. The summed E-state index contributed by atoms with van der Waals surface area (Å²) in [5.74, 6) is 2.26. The fraction of sp³-hybridized carbons (Fsp3) is 1.00. The van der Waals surface area contributed by atoms with Gasteiger partial charge in [0.1, 0.15) is 0 Å². The zero-order valence-electron chi connectivity index (χ0n) is 12.8. The van der Waals surface area contributed by atoms with Crippen molar-refractivity contribution >= 4 is 15.9 Å². The first-order valence-electron chi connectivity index (χ1n) is 7.94. The molecule has 112 valence electrons. The highest BCUT2D eigenvalue weighted by atomic mass is 79.9. The lowest BCUT2D eigenvalue weighted by atomic mass is 9.75. The van der Waals surface area contributed by atoms with E-state index in [-0.39, 0.29) is 6.10 Å². The van der Waals surface area contributed by atoms with E-state index in [4.69, 9.17) is 9.47 Å². The van der Waals surface area contributed by atoms with Gasteiger partial charge >= 0.3 is 0 Å². The smallest absolute Gasteiger partial charge is 0.0962 e. The average molecular weight is 333 g/mol. The SMILES string of the molecule is CCOC1C(Br)CC1OC1CC(C)CCC1C(C)C. The Labute approximate surface area is 126 Å². The third-order valence-corrected chi connectivity index (χ3v) is 5.75. The van der Waals surface area contributed by atoms with E-state index < -0.39 is 0 Å². The second-order valence-corrected chi connectivity index (χ2v) is 7.89. The maximum atomic E-state index is 6.45. The van der Waals surface area contributed by atoms with Crippen LogP contribution >= 0.6 is 15.9 Å². The van der Waals surface area contributed by atoms with Gasteiger partial charge in [0.2, 0.25) is 0 Å². The molecule has 2 fully saturated rings. The summed E-state index contributed by atoms with van der Waals surface area (Å²) in [5.41, 5.74) is 0. The standard InChI is InChI=1S/C16H29BrO2/c1-5-18-16-13(17)9-15(16)19-14-8-11(4)6-7-12(14)10(2)3/h10-16H,5-9H2,1-4H3. The number of hydrogen-bond donors (Lipinski definition) is 0. The Morgan fingerprint density at radius 2 is 1.89 bits per heavy atom. The highest BCUT2D eigenvalue weighted by molar-refractivity contribution is 9.09. The molecule has 2 aliphatic carbocycles. The lowest BCUT2D eigenvalue weighted by Gasteiger charge is -2.46. The van der Waals surface area contributed by atoms with Gasteiger partial charge in [0.05, 0.1) is 18.3 Å². The highest BCUT2D eigenvalue weighted by Gasteiger charge is 2.44. The predicted molar refractivity (Wildman–Crippen MR) is 82.8 cm³/mol. The number of alkyl halides is 1. The van der Waals surface area contributed by atoms with Gasteiger partial charge < -0.3 is 9.47 Å². The topological polar surface area (TPSA) is 18.5 Å². The van der Waals surface area contributed by atoms with Crippen molar-refractivity contribution in [1.29, 1.82) is 0 Å². The summed E-state index contributed by atoms with van der Waals surface area (Å²) in [6.07, 6.45) is 6.02. The highest BCUT2D eigenvalue weighted by Crippen LogP contribution is 2.40. The fourth-order valence-electron chi connectivity index (χ4n) is 3.56. The van der Waals surface area contributed by atoms with E-state index >= 15 is 0 Å². The lowest BCUT2D eigenvalue weighted by Crippen LogP contribution is -2.53. The molecule has 0 aromatic heterocycles. The normalized spacial score (nSPS) is 43.3. The maximum absolute atomic E-state index is 6.45. The molecule has 2 saturated carbocycles. The Kier molecular flexibility index (Phi) is 5.74. The van der Waals surface area contributed by atoms with Crippen LogP contribution in [0.1, 0.15) is 53.4 Å². The van der Waals surface area contributed by atoms with Gasteiger partial charge in [-0.15, -0.1) is 0 Å². The van der Waals surface area contributed by atoms with E-state index in [1.807, 2.05) is 0 Å². The minimum Gasteiger partial charge on any atom is -0.375 e. The van der Waals surface area contributed by atoms with Crippen LogP contribution in [0.25, 0.3) is 0 Å². The van der Waals surface area contributed by atoms with Crippen molar-refractivity contribution in [1.82, 2.24) is 0 Å². The number of halogens is 1. The lowest BCUT2D eigenvalue weighted by molar-refractivity contribution is -0.168. The average Bonchev–Trinajstić information content (AvgIpc) is 2.35. The molecule has 2 rings (SSSR count). The van der Waals surface area contributed by atoms with Crippen LogP contribution < -0.4 is 0 Å². The Morgan fingerprint density at radius 3 is 2.47 bits per heavy atom. The van der Waals surface area contributed by atoms with Gasteiger partial charge in [-0.05, 0) is 43.9 Å². The van der Waals surface area contributed by atoms with Gasteiger partial charge in [0, 0.05) is 11.4 Å². The van der Waals surface area contributed by atoms with Crippen molar-refractivity contribution in [2.45, 2.75) is 76.5 Å². The van der Waals surface area contributed by atoms with Crippen molar-refractivity contribution in [2.75, 3.05) is 6.61 Å². The summed E-state index contributed by atoms with van der Waals surface area (Å²) >= 11 is 3.68. The molecular weight excluding hydrogens is 304 g/mol. The molecule has 6 unspecified atom stereocenters. The van der Waals surface area contributed by atoms with E-state index in [1.165, 1.54) is 19.3 Å². The molecule has 0 aromatic rings. The van der Waals surface area contributed by atoms with Crippen molar-refractivity contribution in [2.24, 2.45) is 17.8 Å². The molecule has 0 aliphatic heterocycles. The minimum atomic E-state index is 0.259. The predicted octanol–water partition coefficient (Wildman–Crippen LogP) is 4.40.